The van der Waals surface area contributed by atoms with Crippen LogP contribution in [0.5, 0.6) is 0 Å². The molecule has 8 heteroatoms. The second kappa shape index (κ2) is 7.07. The highest BCUT2D eigenvalue weighted by molar-refractivity contribution is 6.30. The summed E-state index contributed by atoms with van der Waals surface area (Å²) >= 11 is 5.96. The Morgan fingerprint density at radius 3 is 2.48 bits per heavy atom. The van der Waals surface area contributed by atoms with Crippen molar-refractivity contribution in [2.24, 2.45) is 0 Å². The van der Waals surface area contributed by atoms with Gasteiger partial charge in [0.1, 0.15) is 5.82 Å². The number of fused-ring (bicyclic) bond motifs is 1. The minimum Gasteiger partial charge on any atom is -0.393 e. The van der Waals surface area contributed by atoms with Crippen LogP contribution in [0.25, 0.3) is 0 Å². The lowest BCUT2D eigenvalue weighted by Gasteiger charge is -2.36. The molecule has 0 radical (unpaired) electrons. The Kier molecular flexibility index (Phi) is 5.12. The lowest BCUT2D eigenvalue weighted by molar-refractivity contribution is -0.745. The number of hydrogen-bond acceptors (Lipinski definition) is 4. The van der Waals surface area contributed by atoms with Crippen molar-refractivity contribution in [1.29, 1.82) is 0 Å². The van der Waals surface area contributed by atoms with Crippen LogP contribution in [-0.4, -0.2) is 57.8 Å². The number of imide groups is 1. The molecule has 3 rings (SSSR count). The molecule has 0 saturated carbocycles. The highest BCUT2D eigenvalue weighted by Gasteiger charge is 2.52. The molecule has 1 N–H and O–H groups in total. The summed E-state index contributed by atoms with van der Waals surface area (Å²) in [6.45, 7) is 4.15. The van der Waals surface area contributed by atoms with E-state index < -0.39 is 10.6 Å². The lowest BCUT2D eigenvalue weighted by atomic mass is 10.1. The van der Waals surface area contributed by atoms with Gasteiger partial charge in [-0.2, -0.15) is 4.48 Å². The molecular formula is C19H24ClN4O3+. The zero-order valence-corrected chi connectivity index (χ0v) is 16.7. The number of aliphatic hydroxyl groups excluding tert-OH is 1. The molecule has 2 atom stereocenters. The van der Waals surface area contributed by atoms with Crippen molar-refractivity contribution in [3.63, 3.8) is 0 Å². The highest BCUT2D eigenvalue weighted by Crippen LogP contribution is 2.32. The molecule has 1 aliphatic rings. The van der Waals surface area contributed by atoms with E-state index in [2.05, 4.69) is 4.98 Å². The van der Waals surface area contributed by atoms with Gasteiger partial charge in [0, 0.05) is 25.0 Å². The quantitative estimate of drug-likeness (QED) is 0.795. The van der Waals surface area contributed by atoms with Gasteiger partial charge < -0.3 is 9.67 Å². The average molecular weight is 392 g/mol. The summed E-state index contributed by atoms with van der Waals surface area (Å²) in [6, 6.07) is 7.06. The zero-order valence-electron chi connectivity index (χ0n) is 15.9. The fourth-order valence-corrected chi connectivity index (χ4v) is 3.47. The van der Waals surface area contributed by atoms with Crippen LogP contribution in [0.4, 0.5) is 10.6 Å². The first-order valence-corrected chi connectivity index (χ1v) is 9.21. The van der Waals surface area contributed by atoms with E-state index in [0.717, 1.165) is 5.56 Å². The molecule has 144 valence electrons. The van der Waals surface area contributed by atoms with Crippen molar-refractivity contribution >= 4 is 29.4 Å². The minimum atomic E-state index is -0.590. The molecule has 1 aromatic heterocycles. The van der Waals surface area contributed by atoms with Crippen molar-refractivity contribution < 1.29 is 19.2 Å². The number of urea groups is 1. The number of aliphatic hydroxyl groups is 1. The largest absolute Gasteiger partial charge is 0.432 e. The second-order valence-electron chi connectivity index (χ2n) is 7.24. The summed E-state index contributed by atoms with van der Waals surface area (Å²) in [5.41, 5.74) is 1.39. The summed E-state index contributed by atoms with van der Waals surface area (Å²) in [5.74, 6) is 0.736. The van der Waals surface area contributed by atoms with Gasteiger partial charge >= 0.3 is 11.9 Å². The molecule has 1 aliphatic heterocycles. The number of amides is 3. The molecule has 0 bridgehead atoms. The summed E-state index contributed by atoms with van der Waals surface area (Å²) < 4.78 is 1.42. The summed E-state index contributed by atoms with van der Waals surface area (Å²) in [6.07, 6.45) is -0.241. The van der Waals surface area contributed by atoms with Crippen molar-refractivity contribution in [3.05, 3.63) is 46.4 Å². The number of hydrogen-bond donors (Lipinski definition) is 1. The first-order chi connectivity index (χ1) is 12.6. The zero-order chi connectivity index (χ0) is 19.9. The Hall–Kier alpha value is -2.22. The topological polar surface area (TPSA) is 75.4 Å². The van der Waals surface area contributed by atoms with Crippen LogP contribution in [0.1, 0.15) is 35.2 Å². The predicted octanol–water partition coefficient (Wildman–Crippen LogP) is 2.82. The van der Waals surface area contributed by atoms with Crippen LogP contribution >= 0.6 is 11.6 Å². The summed E-state index contributed by atoms with van der Waals surface area (Å²) in [4.78, 5) is 32.1. The van der Waals surface area contributed by atoms with E-state index in [1.807, 2.05) is 23.6 Å². The van der Waals surface area contributed by atoms with E-state index in [0.29, 0.717) is 35.3 Å². The predicted molar refractivity (Wildman–Crippen MR) is 103 cm³/mol. The van der Waals surface area contributed by atoms with E-state index in [9.17, 15) is 14.7 Å². The fraction of sp³-hybridized carbons (Fsp3) is 0.421. The highest BCUT2D eigenvalue weighted by atomic mass is 35.5. The van der Waals surface area contributed by atoms with Crippen LogP contribution in [-0.2, 0) is 6.54 Å². The number of carbonyl (C=O) groups is 2. The molecule has 1 aromatic carbocycles. The van der Waals surface area contributed by atoms with Gasteiger partial charge in [-0.05, 0) is 31.5 Å². The van der Waals surface area contributed by atoms with Crippen LogP contribution in [0.3, 0.4) is 0 Å². The maximum absolute atomic E-state index is 13.3. The van der Waals surface area contributed by atoms with E-state index in [1.165, 1.54) is 4.90 Å². The fourth-order valence-electron chi connectivity index (χ4n) is 3.34. The van der Waals surface area contributed by atoms with Gasteiger partial charge in [-0.25, -0.2) is 19.5 Å². The lowest BCUT2D eigenvalue weighted by Crippen LogP contribution is -2.63. The third kappa shape index (κ3) is 3.38. The van der Waals surface area contributed by atoms with E-state index in [4.69, 9.17) is 11.6 Å². The van der Waals surface area contributed by atoms with Gasteiger partial charge in [-0.15, -0.1) is 0 Å². The van der Waals surface area contributed by atoms with Crippen LogP contribution in [0.2, 0.25) is 5.02 Å². The molecule has 0 spiro atoms. The maximum atomic E-state index is 13.3. The van der Waals surface area contributed by atoms with Gasteiger partial charge in [0.05, 0.1) is 19.7 Å². The number of aryl methyl sites for hydroxylation is 1. The summed E-state index contributed by atoms with van der Waals surface area (Å²) in [7, 11) is 3.23. The van der Waals surface area contributed by atoms with Gasteiger partial charge in [0.2, 0.25) is 0 Å². The molecule has 27 heavy (non-hydrogen) atoms. The normalized spacial score (nSPS) is 20.7. The van der Waals surface area contributed by atoms with Gasteiger partial charge in [0.15, 0.2) is 11.5 Å². The number of benzene rings is 1. The Morgan fingerprint density at radius 2 is 1.89 bits per heavy atom. The molecule has 0 fully saturated rings. The molecule has 7 nitrogen and oxygen atoms in total. The number of rotatable bonds is 5. The number of anilines is 1. The number of nitrogens with zero attached hydrogens (tertiary/aromatic N) is 4. The Labute approximate surface area is 163 Å². The minimum absolute atomic E-state index is 0.226. The number of carbonyl (C=O) groups excluding carboxylic acids is 2. The van der Waals surface area contributed by atoms with Crippen molar-refractivity contribution in [3.8, 4) is 0 Å². The molecule has 2 unspecified atom stereocenters. The molecule has 3 amide bonds. The van der Waals surface area contributed by atoms with Gasteiger partial charge in [0.25, 0.3) is 0 Å². The van der Waals surface area contributed by atoms with Crippen LogP contribution < -0.4 is 4.90 Å². The average Bonchev–Trinajstić information content (AvgIpc) is 2.95. The molecule has 0 saturated heterocycles. The standard InChI is InChI=1S/C19H24ClN4O3/c1-12(25)9-10-24(4)18(26)16-17(22(3)19(24)27)21-13(2)23(16)11-14-5-7-15(20)8-6-14/h5-8,12,25H,9-11H2,1-4H3/q+1. The van der Waals surface area contributed by atoms with Gasteiger partial charge in [-0.1, -0.05) is 23.7 Å². The van der Waals surface area contributed by atoms with Crippen molar-refractivity contribution in [2.75, 3.05) is 25.5 Å². The van der Waals surface area contributed by atoms with Crippen molar-refractivity contribution in [2.45, 2.75) is 32.9 Å². The van der Waals surface area contributed by atoms with Crippen LogP contribution in [0, 0.1) is 6.92 Å². The van der Waals surface area contributed by atoms with E-state index in [1.54, 1.807) is 33.2 Å². The Bertz CT molecular complexity index is 891. The number of quaternary nitrogens is 1. The second-order valence-corrected chi connectivity index (χ2v) is 7.68. The number of halogens is 1. The monoisotopic (exact) mass is 391 g/mol. The molecular weight excluding hydrogens is 368 g/mol. The van der Waals surface area contributed by atoms with Gasteiger partial charge in [-0.3, -0.25) is 0 Å². The van der Waals surface area contributed by atoms with E-state index in [-0.39, 0.29) is 18.5 Å². The first-order valence-electron chi connectivity index (χ1n) is 8.83. The number of aromatic nitrogens is 2. The SMILES string of the molecule is Cc1nc2c(n1Cc1ccc(Cl)cc1)C(=O)[N+](C)(CCC(C)O)C(=O)N2C. The first kappa shape index (κ1) is 19.5. The molecule has 0 aliphatic carbocycles. The third-order valence-electron chi connectivity index (χ3n) is 5.07. The molecule has 2 heterocycles. The van der Waals surface area contributed by atoms with Crippen molar-refractivity contribution in [1.82, 2.24) is 9.55 Å². The maximum Gasteiger partial charge on any atom is 0.432 e. The van der Waals surface area contributed by atoms with E-state index >= 15 is 0 Å². The summed E-state index contributed by atoms with van der Waals surface area (Å²) in [5, 5.41) is 10.3. The molecule has 2 aromatic rings. The van der Waals surface area contributed by atoms with Crippen LogP contribution in [0.15, 0.2) is 24.3 Å². The Morgan fingerprint density at radius 1 is 1.26 bits per heavy atom. The third-order valence-corrected chi connectivity index (χ3v) is 5.32. The number of imidazole rings is 1. The Balaban J connectivity index is 2.04. The smallest absolute Gasteiger partial charge is 0.393 e.